The van der Waals surface area contributed by atoms with E-state index in [0.717, 1.165) is 11.1 Å². The zero-order valence-corrected chi connectivity index (χ0v) is 10.5. The van der Waals surface area contributed by atoms with Crippen LogP contribution in [0.3, 0.4) is 0 Å². The Morgan fingerprint density at radius 2 is 1.78 bits per heavy atom. The first-order valence-electron chi connectivity index (χ1n) is 5.85. The minimum Gasteiger partial charge on any atom is -0.332 e. The Kier molecular flexibility index (Phi) is 3.09. The van der Waals surface area contributed by atoms with E-state index in [1.54, 1.807) is 0 Å². The summed E-state index contributed by atoms with van der Waals surface area (Å²) in [6.45, 7) is 2.83. The Morgan fingerprint density at radius 1 is 1.22 bits per heavy atom. The van der Waals surface area contributed by atoms with E-state index in [2.05, 4.69) is 10.6 Å². The number of amides is 2. The molecule has 5 heteroatoms. The number of hydrogen-bond donors (Lipinski definition) is 3. The van der Waals surface area contributed by atoms with Gasteiger partial charge in [-0.2, -0.15) is 0 Å². The molecule has 5 nitrogen and oxygen atoms in total. The van der Waals surface area contributed by atoms with E-state index in [1.807, 2.05) is 24.3 Å². The predicted molar refractivity (Wildman–Crippen MR) is 67.4 cm³/mol. The Hall–Kier alpha value is -1.88. The first kappa shape index (κ1) is 12.6. The van der Waals surface area contributed by atoms with Gasteiger partial charge >= 0.3 is 0 Å². The Bertz CT molecular complexity index is 483. The molecule has 18 heavy (non-hydrogen) atoms. The smallest absolute Gasteiger partial charge is 0.218 e. The summed E-state index contributed by atoms with van der Waals surface area (Å²) in [5.74, 6) is -0.431. The Morgan fingerprint density at radius 3 is 2.28 bits per heavy atom. The number of benzene rings is 1. The summed E-state index contributed by atoms with van der Waals surface area (Å²) in [5, 5.41) is 5.57. The number of rotatable bonds is 2. The van der Waals surface area contributed by atoms with E-state index in [4.69, 9.17) is 5.73 Å². The number of hydrogen-bond acceptors (Lipinski definition) is 3. The van der Waals surface area contributed by atoms with Crippen LogP contribution in [0.15, 0.2) is 24.3 Å². The highest BCUT2D eigenvalue weighted by Crippen LogP contribution is 2.35. The molecule has 2 amide bonds. The molecule has 1 aromatic carbocycles. The summed E-state index contributed by atoms with van der Waals surface area (Å²) in [5.41, 5.74) is 7.28. The molecule has 0 aliphatic heterocycles. The van der Waals surface area contributed by atoms with E-state index in [1.165, 1.54) is 13.8 Å². The molecular weight excluding hydrogens is 230 g/mol. The monoisotopic (exact) mass is 247 g/mol. The highest BCUT2D eigenvalue weighted by molar-refractivity contribution is 5.78. The van der Waals surface area contributed by atoms with Crippen molar-refractivity contribution in [2.24, 2.45) is 5.73 Å². The van der Waals surface area contributed by atoms with Crippen LogP contribution in [-0.2, 0) is 16.0 Å². The summed E-state index contributed by atoms with van der Waals surface area (Å²) >= 11 is 0. The average Bonchev–Trinajstić information content (AvgIpc) is 2.51. The second kappa shape index (κ2) is 4.42. The first-order valence-corrected chi connectivity index (χ1v) is 5.85. The van der Waals surface area contributed by atoms with Crippen molar-refractivity contribution in [3.05, 3.63) is 35.4 Å². The van der Waals surface area contributed by atoms with Crippen LogP contribution in [0, 0.1) is 0 Å². The highest BCUT2D eigenvalue weighted by Gasteiger charge is 2.45. The van der Waals surface area contributed by atoms with Crippen molar-refractivity contribution < 1.29 is 9.59 Å². The van der Waals surface area contributed by atoms with Gasteiger partial charge in [0.05, 0.1) is 6.04 Å². The van der Waals surface area contributed by atoms with E-state index < -0.39 is 11.7 Å². The van der Waals surface area contributed by atoms with Gasteiger partial charge in [-0.1, -0.05) is 24.3 Å². The van der Waals surface area contributed by atoms with Crippen LogP contribution < -0.4 is 16.4 Å². The average molecular weight is 247 g/mol. The van der Waals surface area contributed by atoms with Crippen LogP contribution in [0.4, 0.5) is 0 Å². The summed E-state index contributed by atoms with van der Waals surface area (Å²) in [6, 6.07) is 7.26. The van der Waals surface area contributed by atoms with E-state index in [0.29, 0.717) is 6.42 Å². The zero-order valence-electron chi connectivity index (χ0n) is 10.5. The number of carbonyl (C=O) groups excluding carboxylic acids is 2. The molecule has 0 saturated heterocycles. The molecule has 0 saturated carbocycles. The molecule has 1 unspecified atom stereocenters. The SMILES string of the molecule is CC(=O)NC1(NC(C)=O)Cc2ccccc2C1N. The Labute approximate surface area is 106 Å². The lowest BCUT2D eigenvalue weighted by atomic mass is 10.0. The third kappa shape index (κ3) is 2.09. The molecule has 4 N–H and O–H groups in total. The predicted octanol–water partition coefficient (Wildman–Crippen LogP) is 0.211. The summed E-state index contributed by atoms with van der Waals surface area (Å²) < 4.78 is 0. The second-order valence-electron chi connectivity index (χ2n) is 4.69. The van der Waals surface area contributed by atoms with Crippen molar-refractivity contribution in [2.45, 2.75) is 32.0 Å². The molecule has 0 aromatic heterocycles. The molecule has 1 aromatic rings. The second-order valence-corrected chi connectivity index (χ2v) is 4.69. The van der Waals surface area contributed by atoms with Crippen molar-refractivity contribution in [1.82, 2.24) is 10.6 Å². The molecule has 1 aliphatic carbocycles. The lowest BCUT2D eigenvalue weighted by Crippen LogP contribution is -2.64. The van der Waals surface area contributed by atoms with Gasteiger partial charge in [0.2, 0.25) is 11.8 Å². The topological polar surface area (TPSA) is 84.2 Å². The summed E-state index contributed by atoms with van der Waals surface area (Å²) in [4.78, 5) is 22.7. The van der Waals surface area contributed by atoms with Gasteiger partial charge in [0, 0.05) is 20.3 Å². The molecule has 0 heterocycles. The van der Waals surface area contributed by atoms with Crippen LogP contribution >= 0.6 is 0 Å². The van der Waals surface area contributed by atoms with Crippen molar-refractivity contribution >= 4 is 11.8 Å². The summed E-state index contributed by atoms with van der Waals surface area (Å²) in [6.07, 6.45) is 0.503. The molecule has 2 rings (SSSR count). The standard InChI is InChI=1S/C13H17N3O2/c1-8(17)15-13(16-9(2)18)7-10-5-3-4-6-11(10)12(13)14/h3-6,12H,7,14H2,1-2H3,(H,15,17)(H,16,18). The molecular formula is C13H17N3O2. The molecule has 1 atom stereocenters. The third-order valence-electron chi connectivity index (χ3n) is 3.19. The van der Waals surface area contributed by atoms with Crippen molar-refractivity contribution in [1.29, 1.82) is 0 Å². The van der Waals surface area contributed by atoms with Crippen LogP contribution in [0.1, 0.15) is 31.0 Å². The van der Waals surface area contributed by atoms with Gasteiger partial charge in [0.1, 0.15) is 5.66 Å². The van der Waals surface area contributed by atoms with Gasteiger partial charge in [0.15, 0.2) is 0 Å². The Balaban J connectivity index is 2.39. The molecule has 0 radical (unpaired) electrons. The van der Waals surface area contributed by atoms with E-state index >= 15 is 0 Å². The first-order chi connectivity index (χ1) is 8.44. The fourth-order valence-corrected chi connectivity index (χ4v) is 2.58. The van der Waals surface area contributed by atoms with Crippen LogP contribution in [0.25, 0.3) is 0 Å². The number of nitrogens with one attached hydrogen (secondary N) is 2. The van der Waals surface area contributed by atoms with Crippen molar-refractivity contribution in [2.75, 3.05) is 0 Å². The normalized spacial score (nSPS) is 20.1. The van der Waals surface area contributed by atoms with Gasteiger partial charge in [-0.15, -0.1) is 0 Å². The molecule has 0 bridgehead atoms. The van der Waals surface area contributed by atoms with E-state index in [-0.39, 0.29) is 11.8 Å². The quantitative estimate of drug-likeness (QED) is 0.653. The molecule has 96 valence electrons. The van der Waals surface area contributed by atoms with Gasteiger partial charge in [-0.25, -0.2) is 0 Å². The van der Waals surface area contributed by atoms with Gasteiger partial charge in [0.25, 0.3) is 0 Å². The van der Waals surface area contributed by atoms with Crippen LogP contribution in [0.5, 0.6) is 0 Å². The highest BCUT2D eigenvalue weighted by atomic mass is 16.2. The number of nitrogens with two attached hydrogens (primary N) is 1. The van der Waals surface area contributed by atoms with Crippen LogP contribution in [-0.4, -0.2) is 17.5 Å². The third-order valence-corrected chi connectivity index (χ3v) is 3.19. The lowest BCUT2D eigenvalue weighted by molar-refractivity contribution is -0.125. The van der Waals surface area contributed by atoms with Gasteiger partial charge in [-0.3, -0.25) is 9.59 Å². The fraction of sp³-hybridized carbons (Fsp3) is 0.385. The van der Waals surface area contributed by atoms with Crippen LogP contribution in [0.2, 0.25) is 0 Å². The van der Waals surface area contributed by atoms with Gasteiger partial charge in [-0.05, 0) is 11.1 Å². The molecule has 0 fully saturated rings. The summed E-state index contributed by atoms with van der Waals surface area (Å²) in [7, 11) is 0. The maximum Gasteiger partial charge on any atom is 0.218 e. The molecule has 0 spiro atoms. The van der Waals surface area contributed by atoms with Crippen molar-refractivity contribution in [3.63, 3.8) is 0 Å². The maximum atomic E-state index is 11.4. The van der Waals surface area contributed by atoms with E-state index in [9.17, 15) is 9.59 Å². The van der Waals surface area contributed by atoms with Crippen molar-refractivity contribution in [3.8, 4) is 0 Å². The zero-order chi connectivity index (χ0) is 13.3. The molecule has 1 aliphatic rings. The minimum absolute atomic E-state index is 0.216. The van der Waals surface area contributed by atoms with Gasteiger partial charge < -0.3 is 16.4 Å². The maximum absolute atomic E-state index is 11.4. The number of carbonyl (C=O) groups is 2. The largest absolute Gasteiger partial charge is 0.332 e. The fourth-order valence-electron chi connectivity index (χ4n) is 2.58. The minimum atomic E-state index is -0.915. The number of fused-ring (bicyclic) bond motifs is 1. The lowest BCUT2D eigenvalue weighted by Gasteiger charge is -2.35.